The maximum absolute atomic E-state index is 10.3. The van der Waals surface area contributed by atoms with Gasteiger partial charge in [0.1, 0.15) is 0 Å². The molecule has 1 atom stereocenters. The van der Waals surface area contributed by atoms with Crippen LogP contribution in [0.3, 0.4) is 0 Å². The van der Waals surface area contributed by atoms with Gasteiger partial charge in [-0.05, 0) is 17.8 Å². The molecule has 1 aliphatic rings. The summed E-state index contributed by atoms with van der Waals surface area (Å²) in [4.78, 5) is 10.3. The Bertz CT molecular complexity index is 192. The minimum atomic E-state index is -0.697. The van der Waals surface area contributed by atoms with Crippen LogP contribution in [0, 0.1) is 11.3 Å². The summed E-state index contributed by atoms with van der Waals surface area (Å²) in [6.45, 7) is 4.26. The van der Waals surface area contributed by atoms with Crippen LogP contribution >= 0.6 is 0 Å². The molecule has 1 aliphatic carbocycles. The lowest BCUT2D eigenvalue weighted by molar-refractivity contribution is -0.137. The molecular formula is C9H14O2. The smallest absolute Gasteiger partial charge is 0.303 e. The van der Waals surface area contributed by atoms with Gasteiger partial charge in [0.05, 0.1) is 6.42 Å². The highest BCUT2D eigenvalue weighted by molar-refractivity contribution is 5.67. The van der Waals surface area contributed by atoms with Crippen LogP contribution in [0.5, 0.6) is 0 Å². The maximum atomic E-state index is 10.3. The number of rotatable bonds is 2. The van der Waals surface area contributed by atoms with Crippen molar-refractivity contribution in [1.82, 2.24) is 0 Å². The Balaban J connectivity index is 2.44. The molecule has 0 fully saturated rings. The molecule has 0 radical (unpaired) electrons. The molecule has 0 bridgehead atoms. The predicted molar refractivity (Wildman–Crippen MR) is 43.3 cm³/mol. The Morgan fingerprint density at radius 2 is 2.36 bits per heavy atom. The van der Waals surface area contributed by atoms with Gasteiger partial charge in [-0.15, -0.1) is 0 Å². The van der Waals surface area contributed by atoms with E-state index in [-0.39, 0.29) is 17.8 Å². The Hall–Kier alpha value is -0.790. The lowest BCUT2D eigenvalue weighted by Gasteiger charge is -2.15. The fourth-order valence-electron chi connectivity index (χ4n) is 1.57. The van der Waals surface area contributed by atoms with E-state index in [1.807, 2.05) is 6.08 Å². The van der Waals surface area contributed by atoms with Gasteiger partial charge < -0.3 is 5.11 Å². The molecule has 0 saturated carbocycles. The van der Waals surface area contributed by atoms with E-state index in [0.717, 1.165) is 6.42 Å². The molecule has 0 aromatic rings. The molecule has 0 heterocycles. The first-order chi connectivity index (χ1) is 4.99. The third-order valence-electron chi connectivity index (χ3n) is 2.04. The number of allylic oxidation sites excluding steroid dienone is 2. The van der Waals surface area contributed by atoms with Crippen LogP contribution in [0.4, 0.5) is 0 Å². The lowest BCUT2D eigenvalue weighted by atomic mass is 9.89. The Morgan fingerprint density at radius 3 is 2.73 bits per heavy atom. The largest absolute Gasteiger partial charge is 0.481 e. The van der Waals surface area contributed by atoms with Gasteiger partial charge in [0.15, 0.2) is 0 Å². The fraction of sp³-hybridized carbons (Fsp3) is 0.667. The molecule has 0 spiro atoms. The van der Waals surface area contributed by atoms with Gasteiger partial charge in [-0.2, -0.15) is 0 Å². The highest BCUT2D eigenvalue weighted by atomic mass is 16.4. The van der Waals surface area contributed by atoms with E-state index in [1.165, 1.54) is 0 Å². The van der Waals surface area contributed by atoms with Crippen molar-refractivity contribution in [3.63, 3.8) is 0 Å². The number of carboxylic acids is 1. The van der Waals surface area contributed by atoms with Crippen LogP contribution in [0.1, 0.15) is 26.7 Å². The second kappa shape index (κ2) is 2.68. The molecular weight excluding hydrogens is 140 g/mol. The van der Waals surface area contributed by atoms with E-state index in [0.29, 0.717) is 0 Å². The van der Waals surface area contributed by atoms with Gasteiger partial charge in [-0.25, -0.2) is 0 Å². The summed E-state index contributed by atoms with van der Waals surface area (Å²) in [5, 5.41) is 8.51. The summed E-state index contributed by atoms with van der Waals surface area (Å²) in [5.74, 6) is -0.445. The molecule has 0 amide bonds. The Morgan fingerprint density at radius 1 is 1.73 bits per heavy atom. The van der Waals surface area contributed by atoms with E-state index in [1.54, 1.807) is 0 Å². The van der Waals surface area contributed by atoms with Gasteiger partial charge >= 0.3 is 5.97 Å². The summed E-state index contributed by atoms with van der Waals surface area (Å²) < 4.78 is 0. The summed E-state index contributed by atoms with van der Waals surface area (Å²) >= 11 is 0. The summed E-state index contributed by atoms with van der Waals surface area (Å²) in [5.41, 5.74) is 0.208. The first-order valence-corrected chi connectivity index (χ1v) is 3.91. The number of carboxylic acid groups (broad SMARTS) is 1. The van der Waals surface area contributed by atoms with Crippen molar-refractivity contribution < 1.29 is 9.90 Å². The molecule has 2 nitrogen and oxygen atoms in total. The highest BCUT2D eigenvalue weighted by Crippen LogP contribution is 2.35. The van der Waals surface area contributed by atoms with Crippen molar-refractivity contribution >= 4 is 5.97 Å². The summed E-state index contributed by atoms with van der Waals surface area (Å²) in [6, 6.07) is 0. The second-order valence-electron chi connectivity index (χ2n) is 3.91. The number of carbonyl (C=O) groups is 1. The highest BCUT2D eigenvalue weighted by Gasteiger charge is 2.26. The van der Waals surface area contributed by atoms with Crippen LogP contribution in [0.2, 0.25) is 0 Å². The van der Waals surface area contributed by atoms with E-state index in [9.17, 15) is 4.79 Å². The predicted octanol–water partition coefficient (Wildman–Crippen LogP) is 2.06. The van der Waals surface area contributed by atoms with Gasteiger partial charge in [0.25, 0.3) is 0 Å². The number of hydrogen-bond donors (Lipinski definition) is 1. The molecule has 1 rings (SSSR count). The van der Waals surface area contributed by atoms with E-state index < -0.39 is 5.97 Å². The maximum Gasteiger partial charge on any atom is 0.303 e. The van der Waals surface area contributed by atoms with E-state index >= 15 is 0 Å². The first kappa shape index (κ1) is 8.31. The van der Waals surface area contributed by atoms with Crippen LogP contribution in [0.15, 0.2) is 12.2 Å². The molecule has 0 aliphatic heterocycles. The molecule has 0 aromatic carbocycles. The first-order valence-electron chi connectivity index (χ1n) is 3.91. The molecule has 2 heteroatoms. The van der Waals surface area contributed by atoms with Crippen molar-refractivity contribution in [3.05, 3.63) is 12.2 Å². The average Bonchev–Trinajstić information content (AvgIpc) is 2.08. The third-order valence-corrected chi connectivity index (χ3v) is 2.04. The van der Waals surface area contributed by atoms with Crippen molar-refractivity contribution in [2.75, 3.05) is 0 Å². The normalized spacial score (nSPS) is 27.3. The summed E-state index contributed by atoms with van der Waals surface area (Å²) in [7, 11) is 0. The molecule has 1 N–H and O–H groups in total. The number of hydrogen-bond acceptors (Lipinski definition) is 1. The molecule has 0 aromatic heterocycles. The minimum Gasteiger partial charge on any atom is -0.481 e. The quantitative estimate of drug-likeness (QED) is 0.618. The van der Waals surface area contributed by atoms with Crippen LogP contribution in [-0.2, 0) is 4.79 Å². The average molecular weight is 154 g/mol. The minimum absolute atomic E-state index is 0.208. The molecule has 0 saturated heterocycles. The van der Waals surface area contributed by atoms with Gasteiger partial charge in [0.2, 0.25) is 0 Å². The zero-order valence-electron chi connectivity index (χ0n) is 7.00. The van der Waals surface area contributed by atoms with Crippen molar-refractivity contribution in [2.24, 2.45) is 11.3 Å². The van der Waals surface area contributed by atoms with Crippen molar-refractivity contribution in [3.8, 4) is 0 Å². The Labute approximate surface area is 66.9 Å². The molecule has 1 unspecified atom stereocenters. The van der Waals surface area contributed by atoms with Crippen LogP contribution in [0.25, 0.3) is 0 Å². The standard InChI is InChI=1S/C9H14O2/c1-9(2)4-3-7(6-9)5-8(10)11/h3-4,7H,5-6H2,1-2H3,(H,10,11). The van der Waals surface area contributed by atoms with E-state index in [4.69, 9.17) is 5.11 Å². The van der Waals surface area contributed by atoms with E-state index in [2.05, 4.69) is 19.9 Å². The zero-order valence-corrected chi connectivity index (χ0v) is 7.00. The van der Waals surface area contributed by atoms with Crippen molar-refractivity contribution in [1.29, 1.82) is 0 Å². The molecule has 62 valence electrons. The number of aliphatic carboxylic acids is 1. The fourth-order valence-corrected chi connectivity index (χ4v) is 1.57. The lowest BCUT2D eigenvalue weighted by Crippen LogP contribution is -2.09. The summed E-state index contributed by atoms with van der Waals surface area (Å²) in [6.07, 6.45) is 5.38. The van der Waals surface area contributed by atoms with Crippen LogP contribution < -0.4 is 0 Å². The van der Waals surface area contributed by atoms with Crippen molar-refractivity contribution in [2.45, 2.75) is 26.7 Å². The van der Waals surface area contributed by atoms with Crippen LogP contribution in [-0.4, -0.2) is 11.1 Å². The SMILES string of the molecule is CC1(C)C=CC(CC(=O)O)C1. The third kappa shape index (κ3) is 2.37. The Kier molecular flexibility index (Phi) is 2.03. The molecule has 11 heavy (non-hydrogen) atoms. The van der Waals surface area contributed by atoms with Gasteiger partial charge in [0, 0.05) is 0 Å². The zero-order chi connectivity index (χ0) is 8.48. The topological polar surface area (TPSA) is 37.3 Å². The second-order valence-corrected chi connectivity index (χ2v) is 3.91. The monoisotopic (exact) mass is 154 g/mol. The van der Waals surface area contributed by atoms with Gasteiger partial charge in [-0.1, -0.05) is 26.0 Å². The van der Waals surface area contributed by atoms with Gasteiger partial charge in [-0.3, -0.25) is 4.79 Å².